The molecule has 1 heterocycles. The minimum absolute atomic E-state index is 0.101. The second-order valence-electron chi connectivity index (χ2n) is 5.20. The molecule has 0 aliphatic rings. The third kappa shape index (κ3) is 3.63. The molecule has 0 saturated heterocycles. The highest BCUT2D eigenvalue weighted by Crippen LogP contribution is 2.37. The molecule has 2 rings (SSSR count). The van der Waals surface area contributed by atoms with Crippen LogP contribution in [0, 0.1) is 0 Å². The fourth-order valence-corrected chi connectivity index (χ4v) is 3.78. The number of carbonyl (C=O) groups is 1. The monoisotopic (exact) mass is 401 g/mol. The Kier molecular flexibility index (Phi) is 6.14. The molecule has 0 aliphatic heterocycles. The van der Waals surface area contributed by atoms with E-state index in [0.29, 0.717) is 13.1 Å². The van der Waals surface area contributed by atoms with Crippen LogP contribution in [0.25, 0.3) is 0 Å². The van der Waals surface area contributed by atoms with Gasteiger partial charge in [0, 0.05) is 31.4 Å². The second kappa shape index (κ2) is 7.96. The molecule has 0 spiro atoms. The second-order valence-corrected chi connectivity index (χ2v) is 7.47. The maximum Gasteiger partial charge on any atom is 0.344 e. The molecule has 0 N–H and O–H groups in total. The van der Waals surface area contributed by atoms with Crippen molar-refractivity contribution in [2.75, 3.05) is 27.3 Å². The van der Waals surface area contributed by atoms with Gasteiger partial charge < -0.3 is 14.4 Å². The first-order valence-electron chi connectivity index (χ1n) is 7.81. The molecule has 10 heteroatoms. The Morgan fingerprint density at radius 3 is 2.19 bits per heavy atom. The largest absolute Gasteiger partial charge is 0.495 e. The Bertz CT molecular complexity index is 881. The van der Waals surface area contributed by atoms with Gasteiger partial charge in [-0.25, -0.2) is 13.2 Å². The lowest BCUT2D eigenvalue weighted by Gasteiger charge is -2.17. The van der Waals surface area contributed by atoms with Gasteiger partial charge in [-0.2, -0.15) is 9.78 Å². The fourth-order valence-electron chi connectivity index (χ4n) is 2.32. The maximum atomic E-state index is 12.9. The number of sulfone groups is 1. The SMILES string of the molecule is CCN(CC)C(=O)n1ccc(S(=O)(=O)c2cc(OC)c(Cl)c(OC)c2)n1. The van der Waals surface area contributed by atoms with E-state index in [1.54, 1.807) is 0 Å². The molecule has 0 saturated carbocycles. The molecule has 0 atom stereocenters. The summed E-state index contributed by atoms with van der Waals surface area (Å²) >= 11 is 6.07. The molecule has 0 aliphatic carbocycles. The van der Waals surface area contributed by atoms with Crippen LogP contribution in [0.5, 0.6) is 11.5 Å². The zero-order valence-corrected chi connectivity index (χ0v) is 16.5. The standard InChI is InChI=1S/C16H20ClN3O5S/c1-5-19(6-2)16(21)20-8-7-14(18-20)26(22,23)11-9-12(24-3)15(17)13(10-11)25-4/h7-10H,5-6H2,1-4H3. The lowest BCUT2D eigenvalue weighted by molar-refractivity contribution is 0.201. The van der Waals surface area contributed by atoms with E-state index in [4.69, 9.17) is 21.1 Å². The van der Waals surface area contributed by atoms with Crippen LogP contribution >= 0.6 is 11.6 Å². The quantitative estimate of drug-likeness (QED) is 0.739. The third-order valence-electron chi connectivity index (χ3n) is 3.80. The Balaban J connectivity index is 2.48. The number of ether oxygens (including phenoxy) is 2. The summed E-state index contributed by atoms with van der Waals surface area (Å²) < 4.78 is 36.9. The first-order valence-corrected chi connectivity index (χ1v) is 9.67. The predicted octanol–water partition coefficient (Wildman–Crippen LogP) is 2.70. The van der Waals surface area contributed by atoms with Crippen molar-refractivity contribution < 1.29 is 22.7 Å². The van der Waals surface area contributed by atoms with Crippen molar-refractivity contribution in [3.8, 4) is 11.5 Å². The topological polar surface area (TPSA) is 90.7 Å². The lowest BCUT2D eigenvalue weighted by Crippen LogP contribution is -2.34. The molecule has 0 fully saturated rings. The zero-order chi connectivity index (χ0) is 19.5. The van der Waals surface area contributed by atoms with Crippen molar-refractivity contribution in [2.24, 2.45) is 0 Å². The first kappa shape index (κ1) is 20.1. The van der Waals surface area contributed by atoms with E-state index in [1.807, 2.05) is 13.8 Å². The van der Waals surface area contributed by atoms with Gasteiger partial charge in [0.25, 0.3) is 0 Å². The molecule has 0 unspecified atom stereocenters. The van der Waals surface area contributed by atoms with E-state index in [0.717, 1.165) is 4.68 Å². The van der Waals surface area contributed by atoms with Gasteiger partial charge in [-0.1, -0.05) is 11.6 Å². The van der Waals surface area contributed by atoms with Gasteiger partial charge in [-0.15, -0.1) is 0 Å². The summed E-state index contributed by atoms with van der Waals surface area (Å²) in [5.41, 5.74) is 0. The Morgan fingerprint density at radius 2 is 1.73 bits per heavy atom. The van der Waals surface area contributed by atoms with Crippen molar-refractivity contribution in [3.63, 3.8) is 0 Å². The Morgan fingerprint density at radius 1 is 1.19 bits per heavy atom. The van der Waals surface area contributed by atoms with E-state index in [-0.39, 0.29) is 26.4 Å². The molecule has 142 valence electrons. The minimum Gasteiger partial charge on any atom is -0.495 e. The highest BCUT2D eigenvalue weighted by atomic mass is 35.5. The smallest absolute Gasteiger partial charge is 0.344 e. The molecule has 8 nitrogen and oxygen atoms in total. The molecule has 0 bridgehead atoms. The van der Waals surface area contributed by atoms with Crippen LogP contribution in [-0.4, -0.2) is 56.4 Å². The van der Waals surface area contributed by atoms with Crippen molar-refractivity contribution in [2.45, 2.75) is 23.8 Å². The summed E-state index contributed by atoms with van der Waals surface area (Å²) in [5, 5.41) is 3.83. The average molecular weight is 402 g/mol. The van der Waals surface area contributed by atoms with Gasteiger partial charge in [0.15, 0.2) is 5.03 Å². The fraction of sp³-hybridized carbons (Fsp3) is 0.375. The number of rotatable bonds is 6. The number of methoxy groups -OCH3 is 2. The highest BCUT2D eigenvalue weighted by Gasteiger charge is 2.26. The number of benzene rings is 1. The van der Waals surface area contributed by atoms with Gasteiger partial charge >= 0.3 is 6.03 Å². The van der Waals surface area contributed by atoms with Crippen LogP contribution in [-0.2, 0) is 9.84 Å². The summed E-state index contributed by atoms with van der Waals surface area (Å²) in [5.74, 6) is 0.312. The van der Waals surface area contributed by atoms with Crippen LogP contribution < -0.4 is 9.47 Å². The molecule has 1 amide bonds. The number of aromatic nitrogens is 2. The summed E-state index contributed by atoms with van der Waals surface area (Å²) in [6.45, 7) is 4.63. The maximum absolute atomic E-state index is 12.9. The number of hydrogen-bond acceptors (Lipinski definition) is 6. The molecule has 1 aromatic heterocycles. The van der Waals surface area contributed by atoms with E-state index in [9.17, 15) is 13.2 Å². The predicted molar refractivity (Wildman–Crippen MR) is 95.9 cm³/mol. The number of halogens is 1. The van der Waals surface area contributed by atoms with E-state index in [1.165, 1.54) is 43.5 Å². The summed E-state index contributed by atoms with van der Waals surface area (Å²) in [4.78, 5) is 13.7. The third-order valence-corrected chi connectivity index (χ3v) is 5.80. The van der Waals surface area contributed by atoms with Crippen LogP contribution in [0.1, 0.15) is 13.8 Å². The van der Waals surface area contributed by atoms with E-state index < -0.39 is 15.9 Å². The Labute approximate surface area is 157 Å². The summed E-state index contributed by atoms with van der Waals surface area (Å²) in [6.07, 6.45) is 1.32. The molecular formula is C16H20ClN3O5S. The van der Waals surface area contributed by atoms with Crippen LogP contribution in [0.3, 0.4) is 0 Å². The number of nitrogens with zero attached hydrogens (tertiary/aromatic N) is 3. The van der Waals surface area contributed by atoms with Gasteiger partial charge in [0.1, 0.15) is 16.5 Å². The molecule has 1 aromatic carbocycles. The van der Waals surface area contributed by atoms with Crippen LogP contribution in [0.2, 0.25) is 5.02 Å². The molecule has 2 aromatic rings. The molecule has 26 heavy (non-hydrogen) atoms. The van der Waals surface area contributed by atoms with Gasteiger partial charge in [0.05, 0.1) is 19.1 Å². The number of hydrogen-bond donors (Lipinski definition) is 0. The lowest BCUT2D eigenvalue weighted by atomic mass is 10.3. The van der Waals surface area contributed by atoms with Gasteiger partial charge in [-0.3, -0.25) is 0 Å². The van der Waals surface area contributed by atoms with E-state index in [2.05, 4.69) is 5.10 Å². The summed E-state index contributed by atoms with van der Waals surface area (Å²) in [6, 6.07) is 3.43. The number of amides is 1. The summed E-state index contributed by atoms with van der Waals surface area (Å²) in [7, 11) is -1.25. The zero-order valence-electron chi connectivity index (χ0n) is 14.9. The van der Waals surface area contributed by atoms with E-state index >= 15 is 0 Å². The van der Waals surface area contributed by atoms with Crippen molar-refractivity contribution in [3.05, 3.63) is 29.4 Å². The van der Waals surface area contributed by atoms with Crippen LogP contribution in [0.15, 0.2) is 34.3 Å². The average Bonchev–Trinajstić information content (AvgIpc) is 3.13. The normalized spacial score (nSPS) is 11.3. The minimum atomic E-state index is -3.99. The number of carbonyl (C=O) groups excluding carboxylic acids is 1. The molecule has 0 radical (unpaired) electrons. The van der Waals surface area contributed by atoms with Gasteiger partial charge in [-0.05, 0) is 19.9 Å². The van der Waals surface area contributed by atoms with Crippen molar-refractivity contribution in [1.82, 2.24) is 14.7 Å². The highest BCUT2D eigenvalue weighted by molar-refractivity contribution is 7.91. The Hall–Kier alpha value is -2.26. The van der Waals surface area contributed by atoms with Crippen molar-refractivity contribution >= 4 is 27.5 Å². The first-order chi connectivity index (χ1) is 12.3. The van der Waals surface area contributed by atoms with Gasteiger partial charge in [0.2, 0.25) is 9.84 Å². The molecular weight excluding hydrogens is 382 g/mol. The van der Waals surface area contributed by atoms with Crippen molar-refractivity contribution in [1.29, 1.82) is 0 Å². The van der Waals surface area contributed by atoms with Crippen LogP contribution in [0.4, 0.5) is 4.79 Å².